The molecule has 0 atom stereocenters. The molecule has 130 valence electrons. The van der Waals surface area contributed by atoms with Gasteiger partial charge in [0.15, 0.2) is 0 Å². The first-order valence-corrected chi connectivity index (χ1v) is 9.54. The van der Waals surface area contributed by atoms with Crippen molar-refractivity contribution in [2.75, 3.05) is 11.9 Å². The first-order valence-electron chi connectivity index (χ1n) is 8.06. The first-order chi connectivity index (χ1) is 11.9. The van der Waals surface area contributed by atoms with E-state index in [1.54, 1.807) is 24.3 Å². The Morgan fingerprint density at radius 1 is 1.04 bits per heavy atom. The van der Waals surface area contributed by atoms with Crippen molar-refractivity contribution in [2.45, 2.75) is 30.7 Å². The Kier molecular flexibility index (Phi) is 4.63. The monoisotopic (exact) mass is 356 g/mol. The lowest BCUT2D eigenvalue weighted by molar-refractivity contribution is 0.578. The van der Waals surface area contributed by atoms with E-state index in [1.165, 1.54) is 0 Å². The summed E-state index contributed by atoms with van der Waals surface area (Å²) in [6.07, 6.45) is 0. The summed E-state index contributed by atoms with van der Waals surface area (Å²) in [7, 11) is -3.78. The summed E-state index contributed by atoms with van der Waals surface area (Å²) >= 11 is 0. The fourth-order valence-corrected chi connectivity index (χ4v) is 3.80. The highest BCUT2D eigenvalue weighted by atomic mass is 32.2. The smallest absolute Gasteiger partial charge is 0.233 e. The number of anilines is 1. The normalized spacial score (nSPS) is 11.5. The maximum Gasteiger partial charge on any atom is 0.233 e. The zero-order valence-corrected chi connectivity index (χ0v) is 15.2. The van der Waals surface area contributed by atoms with Crippen molar-refractivity contribution in [3.63, 3.8) is 0 Å². The predicted octanol–water partition coefficient (Wildman–Crippen LogP) is 4.22. The van der Waals surface area contributed by atoms with Crippen molar-refractivity contribution in [3.05, 3.63) is 59.7 Å². The van der Waals surface area contributed by atoms with Gasteiger partial charge in [-0.15, -0.1) is 0 Å². The fourth-order valence-electron chi connectivity index (χ4n) is 2.52. The van der Waals surface area contributed by atoms with Gasteiger partial charge in [0.25, 0.3) is 0 Å². The zero-order valence-electron chi connectivity index (χ0n) is 14.4. The van der Waals surface area contributed by atoms with Gasteiger partial charge in [0, 0.05) is 12.1 Å². The van der Waals surface area contributed by atoms with E-state index >= 15 is 0 Å². The standard InChI is InChI=1S/C19H20N2O3S/c1-4-20-18-19(25(22,23)15-11-9-13(2)10-12-15)21-17(24-18)16-8-6-5-7-14(16)3/h5-12,20H,4H2,1-3H3. The number of nitrogens with zero attached hydrogens (tertiary/aromatic N) is 1. The number of rotatable bonds is 5. The Balaban J connectivity index is 2.15. The molecular formula is C19H20N2O3S. The van der Waals surface area contributed by atoms with Crippen LogP contribution in [0.1, 0.15) is 18.1 Å². The number of benzene rings is 2. The first kappa shape index (κ1) is 17.2. The fraction of sp³-hybridized carbons (Fsp3) is 0.211. The number of hydrogen-bond acceptors (Lipinski definition) is 5. The second-order valence-corrected chi connectivity index (χ2v) is 7.68. The lowest BCUT2D eigenvalue weighted by Gasteiger charge is -2.04. The van der Waals surface area contributed by atoms with Gasteiger partial charge in [-0.3, -0.25) is 0 Å². The second kappa shape index (κ2) is 6.72. The Morgan fingerprint density at radius 2 is 1.72 bits per heavy atom. The van der Waals surface area contributed by atoms with Gasteiger partial charge in [-0.2, -0.15) is 4.98 Å². The van der Waals surface area contributed by atoms with E-state index in [0.717, 1.165) is 16.7 Å². The van der Waals surface area contributed by atoms with Crippen molar-refractivity contribution in [3.8, 4) is 11.5 Å². The van der Waals surface area contributed by atoms with Gasteiger partial charge in [-0.05, 0) is 44.5 Å². The van der Waals surface area contributed by atoms with Gasteiger partial charge in [0.05, 0.1) is 4.90 Å². The Labute approximate surface area is 147 Å². The van der Waals surface area contributed by atoms with Gasteiger partial charge >= 0.3 is 0 Å². The molecule has 25 heavy (non-hydrogen) atoms. The van der Waals surface area contributed by atoms with E-state index in [2.05, 4.69) is 10.3 Å². The summed E-state index contributed by atoms with van der Waals surface area (Å²) in [5.74, 6) is 0.459. The van der Waals surface area contributed by atoms with E-state index < -0.39 is 9.84 Å². The van der Waals surface area contributed by atoms with Gasteiger partial charge in [-0.25, -0.2) is 8.42 Å². The molecule has 6 heteroatoms. The highest BCUT2D eigenvalue weighted by molar-refractivity contribution is 7.91. The molecule has 0 spiro atoms. The quantitative estimate of drug-likeness (QED) is 0.741. The average molecular weight is 356 g/mol. The van der Waals surface area contributed by atoms with E-state index in [0.29, 0.717) is 12.4 Å². The molecule has 0 aliphatic heterocycles. The third-order valence-corrected chi connectivity index (χ3v) is 5.57. The molecule has 1 aromatic heterocycles. The summed E-state index contributed by atoms with van der Waals surface area (Å²) in [5.41, 5.74) is 2.73. The summed E-state index contributed by atoms with van der Waals surface area (Å²) < 4.78 is 31.8. The Bertz CT molecular complexity index is 990. The van der Waals surface area contributed by atoms with Gasteiger partial charge in [-0.1, -0.05) is 35.9 Å². The molecule has 0 unspecified atom stereocenters. The molecule has 0 saturated heterocycles. The van der Waals surface area contributed by atoms with Crippen LogP contribution < -0.4 is 5.32 Å². The van der Waals surface area contributed by atoms with Gasteiger partial charge in [0.2, 0.25) is 26.6 Å². The van der Waals surface area contributed by atoms with Crippen molar-refractivity contribution >= 4 is 15.7 Å². The summed E-state index contributed by atoms with van der Waals surface area (Å²) in [5, 5.41) is 2.88. The van der Waals surface area contributed by atoms with Crippen molar-refractivity contribution in [1.82, 2.24) is 4.98 Å². The molecule has 1 heterocycles. The Hall–Kier alpha value is -2.60. The highest BCUT2D eigenvalue weighted by Gasteiger charge is 2.28. The molecule has 1 N–H and O–H groups in total. The van der Waals surface area contributed by atoms with Crippen LogP contribution in [0.4, 0.5) is 5.88 Å². The number of aromatic nitrogens is 1. The molecule has 0 radical (unpaired) electrons. The van der Waals surface area contributed by atoms with Crippen LogP contribution in [0, 0.1) is 13.8 Å². The zero-order chi connectivity index (χ0) is 18.0. The van der Waals surface area contributed by atoms with E-state index in [9.17, 15) is 8.42 Å². The summed E-state index contributed by atoms with van der Waals surface area (Å²) in [6, 6.07) is 14.3. The van der Waals surface area contributed by atoms with Crippen LogP contribution in [0.3, 0.4) is 0 Å². The largest absolute Gasteiger partial charge is 0.419 e. The third kappa shape index (κ3) is 3.30. The number of aryl methyl sites for hydroxylation is 2. The second-order valence-electron chi connectivity index (χ2n) is 5.82. The molecule has 0 fully saturated rings. The highest BCUT2D eigenvalue weighted by Crippen LogP contribution is 2.33. The molecular weight excluding hydrogens is 336 g/mol. The topological polar surface area (TPSA) is 72.2 Å². The molecule has 0 bridgehead atoms. The van der Waals surface area contributed by atoms with Crippen molar-refractivity contribution in [1.29, 1.82) is 0 Å². The molecule has 0 saturated carbocycles. The third-order valence-electron chi connectivity index (χ3n) is 3.89. The van der Waals surface area contributed by atoms with E-state index in [1.807, 2.05) is 45.0 Å². The molecule has 0 amide bonds. The average Bonchev–Trinajstić information content (AvgIpc) is 3.00. The van der Waals surface area contributed by atoms with Crippen LogP contribution in [0.5, 0.6) is 0 Å². The van der Waals surface area contributed by atoms with Crippen LogP contribution in [0.25, 0.3) is 11.5 Å². The number of oxazole rings is 1. The van der Waals surface area contributed by atoms with Gasteiger partial charge in [0.1, 0.15) is 0 Å². The minimum Gasteiger partial charge on any atom is -0.419 e. The van der Waals surface area contributed by atoms with Crippen molar-refractivity contribution in [2.24, 2.45) is 0 Å². The maximum absolute atomic E-state index is 13.0. The predicted molar refractivity (Wildman–Crippen MR) is 97.5 cm³/mol. The van der Waals surface area contributed by atoms with Crippen LogP contribution in [0.15, 0.2) is 62.9 Å². The van der Waals surface area contributed by atoms with Gasteiger partial charge < -0.3 is 9.73 Å². The van der Waals surface area contributed by atoms with Crippen LogP contribution in [-0.2, 0) is 9.84 Å². The minimum atomic E-state index is -3.78. The van der Waals surface area contributed by atoms with Crippen molar-refractivity contribution < 1.29 is 12.8 Å². The molecule has 5 nitrogen and oxygen atoms in total. The number of hydrogen-bond donors (Lipinski definition) is 1. The Morgan fingerprint density at radius 3 is 2.36 bits per heavy atom. The lowest BCUT2D eigenvalue weighted by atomic mass is 10.1. The van der Waals surface area contributed by atoms with E-state index in [-0.39, 0.29) is 15.8 Å². The minimum absolute atomic E-state index is 0.0866. The SMILES string of the molecule is CCNc1oc(-c2ccccc2C)nc1S(=O)(=O)c1ccc(C)cc1. The number of sulfone groups is 1. The maximum atomic E-state index is 13.0. The van der Waals surface area contributed by atoms with Crippen LogP contribution in [-0.4, -0.2) is 19.9 Å². The molecule has 2 aromatic carbocycles. The van der Waals surface area contributed by atoms with E-state index in [4.69, 9.17) is 4.42 Å². The summed E-state index contributed by atoms with van der Waals surface area (Å²) in [6.45, 7) is 6.24. The molecule has 0 aliphatic rings. The molecule has 3 aromatic rings. The molecule has 3 rings (SSSR count). The summed E-state index contributed by atoms with van der Waals surface area (Å²) in [4.78, 5) is 4.51. The number of nitrogens with one attached hydrogen (secondary N) is 1. The van der Waals surface area contributed by atoms with Crippen LogP contribution >= 0.6 is 0 Å². The van der Waals surface area contributed by atoms with Crippen LogP contribution in [0.2, 0.25) is 0 Å². The lowest BCUT2D eigenvalue weighted by Crippen LogP contribution is -2.07. The molecule has 0 aliphatic carbocycles.